The Labute approximate surface area is 206 Å². The SMILES string of the molecule is COc1cccc(N2C(=S)N[C@@H](c3ccccn3)[C@@H]2c2cc(C)n(Cc3ccccc3)c2C)c1. The molecule has 5 nitrogen and oxygen atoms in total. The molecule has 5 rings (SSSR count). The first-order valence-electron chi connectivity index (χ1n) is 11.4. The van der Waals surface area contributed by atoms with Gasteiger partial charge in [0.1, 0.15) is 5.75 Å². The van der Waals surface area contributed by atoms with Gasteiger partial charge >= 0.3 is 0 Å². The Morgan fingerprint density at radius 3 is 2.50 bits per heavy atom. The lowest BCUT2D eigenvalue weighted by atomic mass is 9.96. The third kappa shape index (κ3) is 4.05. The Bertz CT molecular complexity index is 1300. The summed E-state index contributed by atoms with van der Waals surface area (Å²) in [6.07, 6.45) is 1.84. The highest BCUT2D eigenvalue weighted by Gasteiger charge is 2.42. The monoisotopic (exact) mass is 468 g/mol. The van der Waals surface area contributed by atoms with E-state index in [4.69, 9.17) is 17.0 Å². The second-order valence-electron chi connectivity index (χ2n) is 8.60. The molecule has 0 saturated carbocycles. The molecule has 34 heavy (non-hydrogen) atoms. The predicted octanol–water partition coefficient (Wildman–Crippen LogP) is 5.73. The average molecular weight is 469 g/mol. The molecule has 1 saturated heterocycles. The van der Waals surface area contributed by atoms with Gasteiger partial charge in [0.15, 0.2) is 5.11 Å². The van der Waals surface area contributed by atoms with E-state index in [0.717, 1.165) is 23.7 Å². The molecule has 2 aromatic heterocycles. The van der Waals surface area contributed by atoms with Gasteiger partial charge in [0.05, 0.1) is 24.9 Å². The Balaban J connectivity index is 1.62. The van der Waals surface area contributed by atoms with Gasteiger partial charge in [0, 0.05) is 35.9 Å². The van der Waals surface area contributed by atoms with Crippen molar-refractivity contribution in [1.29, 1.82) is 0 Å². The maximum atomic E-state index is 5.88. The smallest absolute Gasteiger partial charge is 0.174 e. The van der Waals surface area contributed by atoms with Gasteiger partial charge < -0.3 is 19.5 Å². The first-order chi connectivity index (χ1) is 16.6. The number of methoxy groups -OCH3 is 1. The van der Waals surface area contributed by atoms with Crippen molar-refractivity contribution in [3.8, 4) is 5.75 Å². The minimum atomic E-state index is -0.0782. The molecule has 6 heteroatoms. The second-order valence-corrected chi connectivity index (χ2v) is 8.98. The fourth-order valence-electron chi connectivity index (χ4n) is 4.85. The Morgan fingerprint density at radius 1 is 0.971 bits per heavy atom. The number of nitrogens with zero attached hydrogens (tertiary/aromatic N) is 3. The molecule has 172 valence electrons. The third-order valence-electron chi connectivity index (χ3n) is 6.54. The van der Waals surface area contributed by atoms with Crippen LogP contribution in [0.5, 0.6) is 5.75 Å². The number of rotatable bonds is 6. The quantitative estimate of drug-likeness (QED) is 0.366. The lowest BCUT2D eigenvalue weighted by molar-refractivity contribution is 0.415. The van der Waals surface area contributed by atoms with Gasteiger partial charge in [-0.15, -0.1) is 0 Å². The topological polar surface area (TPSA) is 42.3 Å². The van der Waals surface area contributed by atoms with Crippen molar-refractivity contribution in [1.82, 2.24) is 14.9 Å². The maximum absolute atomic E-state index is 5.88. The van der Waals surface area contributed by atoms with E-state index in [2.05, 4.69) is 82.1 Å². The highest BCUT2D eigenvalue weighted by Crippen LogP contribution is 2.43. The number of hydrogen-bond acceptors (Lipinski definition) is 3. The van der Waals surface area contributed by atoms with Crippen LogP contribution in [0.15, 0.2) is 85.1 Å². The van der Waals surface area contributed by atoms with Gasteiger partial charge in [-0.05, 0) is 67.5 Å². The van der Waals surface area contributed by atoms with Crippen molar-refractivity contribution in [2.24, 2.45) is 0 Å². The van der Waals surface area contributed by atoms with Crippen molar-refractivity contribution < 1.29 is 4.74 Å². The summed E-state index contributed by atoms with van der Waals surface area (Å²) in [4.78, 5) is 6.88. The van der Waals surface area contributed by atoms with E-state index in [0.29, 0.717) is 5.11 Å². The summed E-state index contributed by atoms with van der Waals surface area (Å²) in [5.74, 6) is 0.801. The number of benzene rings is 2. The van der Waals surface area contributed by atoms with E-state index in [1.807, 2.05) is 36.5 Å². The van der Waals surface area contributed by atoms with Crippen LogP contribution in [0.4, 0.5) is 5.69 Å². The molecule has 0 aliphatic carbocycles. The minimum absolute atomic E-state index is 0.0507. The van der Waals surface area contributed by atoms with Crippen molar-refractivity contribution in [3.05, 3.63) is 113 Å². The van der Waals surface area contributed by atoms with Crippen LogP contribution < -0.4 is 15.0 Å². The van der Waals surface area contributed by atoms with Crippen LogP contribution in [-0.4, -0.2) is 21.8 Å². The predicted molar refractivity (Wildman–Crippen MR) is 140 cm³/mol. The fourth-order valence-corrected chi connectivity index (χ4v) is 5.19. The second kappa shape index (κ2) is 9.31. The molecule has 2 aromatic carbocycles. The summed E-state index contributed by atoms with van der Waals surface area (Å²) >= 11 is 5.88. The Hall–Kier alpha value is -3.64. The van der Waals surface area contributed by atoms with Gasteiger partial charge in [-0.1, -0.05) is 42.5 Å². The lowest BCUT2D eigenvalue weighted by Crippen LogP contribution is -2.29. The highest BCUT2D eigenvalue weighted by atomic mass is 32.1. The number of nitrogens with one attached hydrogen (secondary N) is 1. The first-order valence-corrected chi connectivity index (χ1v) is 11.8. The van der Waals surface area contributed by atoms with Gasteiger partial charge in [0.25, 0.3) is 0 Å². The van der Waals surface area contributed by atoms with E-state index in [9.17, 15) is 0 Å². The maximum Gasteiger partial charge on any atom is 0.174 e. The normalized spacial score (nSPS) is 17.6. The Morgan fingerprint density at radius 2 is 1.76 bits per heavy atom. The van der Waals surface area contributed by atoms with Gasteiger partial charge in [-0.25, -0.2) is 0 Å². The lowest BCUT2D eigenvalue weighted by Gasteiger charge is -2.28. The summed E-state index contributed by atoms with van der Waals surface area (Å²) in [5, 5.41) is 4.24. The summed E-state index contributed by atoms with van der Waals surface area (Å²) in [6, 6.07) is 26.8. The zero-order valence-corrected chi connectivity index (χ0v) is 20.4. The van der Waals surface area contributed by atoms with Crippen LogP contribution in [0, 0.1) is 13.8 Å². The van der Waals surface area contributed by atoms with E-state index < -0.39 is 0 Å². The molecule has 0 bridgehead atoms. The average Bonchev–Trinajstić information content (AvgIpc) is 3.36. The number of ether oxygens (including phenoxy) is 1. The molecule has 4 aromatic rings. The molecule has 2 atom stereocenters. The Kier molecular flexibility index (Phi) is 6.07. The fraction of sp³-hybridized carbons (Fsp3) is 0.214. The number of anilines is 1. The van der Waals surface area contributed by atoms with Crippen molar-refractivity contribution in [2.45, 2.75) is 32.5 Å². The van der Waals surface area contributed by atoms with E-state index >= 15 is 0 Å². The molecule has 0 unspecified atom stereocenters. The zero-order chi connectivity index (χ0) is 23.7. The first kappa shape index (κ1) is 22.2. The molecular formula is C28H28N4OS. The van der Waals surface area contributed by atoms with E-state index in [1.54, 1.807) is 7.11 Å². The number of hydrogen-bond donors (Lipinski definition) is 1. The van der Waals surface area contributed by atoms with Crippen molar-refractivity contribution in [3.63, 3.8) is 0 Å². The van der Waals surface area contributed by atoms with Crippen LogP contribution in [-0.2, 0) is 6.54 Å². The molecular weight excluding hydrogens is 440 g/mol. The zero-order valence-electron chi connectivity index (χ0n) is 19.6. The molecule has 1 N–H and O–H groups in total. The molecule has 0 amide bonds. The van der Waals surface area contributed by atoms with Crippen LogP contribution in [0.3, 0.4) is 0 Å². The standard InChI is InChI=1S/C28H28N4OS/c1-19-16-24(20(2)31(19)18-21-10-5-4-6-11-21)27-26(25-14-7-8-15-29-25)30-28(34)32(27)22-12-9-13-23(17-22)33-3/h4-17,26-27H,18H2,1-3H3,(H,30,34)/t26-,27-/m0/s1. The van der Waals surface area contributed by atoms with E-state index in [-0.39, 0.29) is 12.1 Å². The summed E-state index contributed by atoms with van der Waals surface area (Å²) < 4.78 is 7.89. The molecule has 1 fully saturated rings. The van der Waals surface area contributed by atoms with Crippen molar-refractivity contribution in [2.75, 3.05) is 12.0 Å². The van der Waals surface area contributed by atoms with Gasteiger partial charge in [-0.3, -0.25) is 4.98 Å². The van der Waals surface area contributed by atoms with Crippen LogP contribution in [0.1, 0.15) is 40.3 Å². The molecule has 1 aliphatic heterocycles. The molecule has 0 spiro atoms. The third-order valence-corrected chi connectivity index (χ3v) is 6.86. The van der Waals surface area contributed by atoms with Gasteiger partial charge in [-0.2, -0.15) is 0 Å². The minimum Gasteiger partial charge on any atom is -0.497 e. The molecule has 3 heterocycles. The number of pyridine rings is 1. The molecule has 1 aliphatic rings. The summed E-state index contributed by atoms with van der Waals surface area (Å²) in [6.45, 7) is 5.20. The van der Waals surface area contributed by atoms with Crippen LogP contribution >= 0.6 is 12.2 Å². The number of thiocarbonyl (C=S) groups is 1. The van der Waals surface area contributed by atoms with E-state index in [1.165, 1.54) is 22.5 Å². The number of aryl methyl sites for hydroxylation is 1. The van der Waals surface area contributed by atoms with Crippen LogP contribution in [0.2, 0.25) is 0 Å². The molecule has 0 radical (unpaired) electrons. The highest BCUT2D eigenvalue weighted by molar-refractivity contribution is 7.80. The number of aromatic nitrogens is 2. The largest absolute Gasteiger partial charge is 0.497 e. The summed E-state index contributed by atoms with van der Waals surface area (Å²) in [5.41, 5.74) is 6.92. The van der Waals surface area contributed by atoms with Crippen LogP contribution in [0.25, 0.3) is 0 Å². The summed E-state index contributed by atoms with van der Waals surface area (Å²) in [7, 11) is 1.69. The van der Waals surface area contributed by atoms with Gasteiger partial charge in [0.2, 0.25) is 0 Å². The van der Waals surface area contributed by atoms with Crippen molar-refractivity contribution >= 4 is 23.0 Å².